The maximum Gasteiger partial charge on any atom is 0.0453 e. The Kier molecular flexibility index (Phi) is 2.63. The van der Waals surface area contributed by atoms with Crippen LogP contribution in [0.15, 0.2) is 54.6 Å². The Hall–Kier alpha value is -2.16. The molecule has 4 aromatic carbocycles. The van der Waals surface area contributed by atoms with E-state index in [0.29, 0.717) is 6.04 Å². The molecule has 1 saturated heterocycles. The molecule has 1 fully saturated rings. The number of nitrogens with one attached hydrogen (secondary N) is 2. The van der Waals surface area contributed by atoms with E-state index in [1.54, 1.807) is 0 Å². The molecule has 108 valence electrons. The van der Waals surface area contributed by atoms with Gasteiger partial charge in [0.25, 0.3) is 0 Å². The lowest BCUT2D eigenvalue weighted by Gasteiger charge is -2.26. The van der Waals surface area contributed by atoms with Gasteiger partial charge < -0.3 is 10.6 Å². The van der Waals surface area contributed by atoms with E-state index in [-0.39, 0.29) is 0 Å². The zero-order chi connectivity index (χ0) is 14.5. The lowest BCUT2D eigenvalue weighted by molar-refractivity contribution is 0.432. The highest BCUT2D eigenvalue weighted by Crippen LogP contribution is 2.37. The van der Waals surface area contributed by atoms with Crippen molar-refractivity contribution in [2.45, 2.75) is 6.04 Å². The first-order valence-corrected chi connectivity index (χ1v) is 8.02. The topological polar surface area (TPSA) is 24.1 Å². The van der Waals surface area contributed by atoms with Gasteiger partial charge in [0, 0.05) is 25.7 Å². The first-order valence-electron chi connectivity index (χ1n) is 8.02. The highest BCUT2D eigenvalue weighted by Gasteiger charge is 2.18. The molecule has 2 nitrogen and oxygen atoms in total. The molecule has 0 spiro atoms. The van der Waals surface area contributed by atoms with Crippen LogP contribution in [-0.2, 0) is 0 Å². The predicted molar refractivity (Wildman–Crippen MR) is 93.8 cm³/mol. The SMILES string of the molecule is c1cc2ccc3ccc([C@H]4CNCCN4)c4ccc(c1)c2c34. The van der Waals surface area contributed by atoms with E-state index in [0.717, 1.165) is 19.6 Å². The summed E-state index contributed by atoms with van der Waals surface area (Å²) >= 11 is 0. The van der Waals surface area contributed by atoms with Crippen LogP contribution < -0.4 is 10.6 Å². The van der Waals surface area contributed by atoms with Crippen LogP contribution in [0.4, 0.5) is 0 Å². The van der Waals surface area contributed by atoms with Crippen LogP contribution in [0.1, 0.15) is 11.6 Å². The van der Waals surface area contributed by atoms with Gasteiger partial charge in [-0.2, -0.15) is 0 Å². The van der Waals surface area contributed by atoms with Crippen molar-refractivity contribution in [3.05, 3.63) is 60.2 Å². The van der Waals surface area contributed by atoms with Crippen LogP contribution >= 0.6 is 0 Å². The molecule has 0 aliphatic carbocycles. The zero-order valence-electron chi connectivity index (χ0n) is 12.4. The fourth-order valence-electron chi connectivity index (χ4n) is 3.94. The normalized spacial score (nSPS) is 19.4. The van der Waals surface area contributed by atoms with Crippen LogP contribution in [0.2, 0.25) is 0 Å². The summed E-state index contributed by atoms with van der Waals surface area (Å²) in [4.78, 5) is 0. The molecule has 0 bridgehead atoms. The smallest absolute Gasteiger partial charge is 0.0453 e. The minimum Gasteiger partial charge on any atom is -0.314 e. The van der Waals surface area contributed by atoms with Crippen LogP contribution in [0.5, 0.6) is 0 Å². The summed E-state index contributed by atoms with van der Waals surface area (Å²) in [7, 11) is 0. The Morgan fingerprint density at radius 2 is 1.45 bits per heavy atom. The molecular weight excluding hydrogens is 268 g/mol. The van der Waals surface area contributed by atoms with Gasteiger partial charge >= 0.3 is 0 Å². The molecule has 0 aromatic heterocycles. The zero-order valence-corrected chi connectivity index (χ0v) is 12.4. The fourth-order valence-corrected chi connectivity index (χ4v) is 3.94. The van der Waals surface area contributed by atoms with Crippen molar-refractivity contribution >= 4 is 32.3 Å². The van der Waals surface area contributed by atoms with Crippen molar-refractivity contribution < 1.29 is 0 Å². The Balaban J connectivity index is 1.89. The van der Waals surface area contributed by atoms with Crippen molar-refractivity contribution in [2.24, 2.45) is 0 Å². The van der Waals surface area contributed by atoms with Gasteiger partial charge in [-0.25, -0.2) is 0 Å². The number of rotatable bonds is 1. The Labute approximate surface area is 129 Å². The molecule has 1 atom stereocenters. The molecule has 0 radical (unpaired) electrons. The fraction of sp³-hybridized carbons (Fsp3) is 0.200. The largest absolute Gasteiger partial charge is 0.314 e. The van der Waals surface area contributed by atoms with Gasteiger partial charge in [-0.3, -0.25) is 0 Å². The van der Waals surface area contributed by atoms with Crippen molar-refractivity contribution in [3.63, 3.8) is 0 Å². The Morgan fingerprint density at radius 1 is 0.727 bits per heavy atom. The van der Waals surface area contributed by atoms with E-state index in [1.165, 1.54) is 37.9 Å². The molecule has 0 saturated carbocycles. The minimum atomic E-state index is 0.401. The average Bonchev–Trinajstić information content (AvgIpc) is 2.60. The maximum absolute atomic E-state index is 3.65. The summed E-state index contributed by atoms with van der Waals surface area (Å²) in [5.41, 5.74) is 1.41. The van der Waals surface area contributed by atoms with Crippen molar-refractivity contribution in [1.82, 2.24) is 10.6 Å². The molecule has 0 amide bonds. The Bertz CT molecular complexity index is 952. The third-order valence-corrected chi connectivity index (χ3v) is 4.98. The van der Waals surface area contributed by atoms with Gasteiger partial charge in [0.1, 0.15) is 0 Å². The van der Waals surface area contributed by atoms with Crippen molar-refractivity contribution in [1.29, 1.82) is 0 Å². The van der Waals surface area contributed by atoms with Crippen LogP contribution in [0.25, 0.3) is 32.3 Å². The summed E-state index contributed by atoms with van der Waals surface area (Å²) in [6, 6.07) is 20.6. The summed E-state index contributed by atoms with van der Waals surface area (Å²) < 4.78 is 0. The van der Waals surface area contributed by atoms with Gasteiger partial charge in [-0.1, -0.05) is 54.6 Å². The van der Waals surface area contributed by atoms with Gasteiger partial charge in [0.2, 0.25) is 0 Å². The lowest BCUT2D eigenvalue weighted by Crippen LogP contribution is -2.42. The van der Waals surface area contributed by atoms with E-state index in [9.17, 15) is 0 Å². The van der Waals surface area contributed by atoms with E-state index in [1.807, 2.05) is 0 Å². The highest BCUT2D eigenvalue weighted by atomic mass is 15.1. The maximum atomic E-state index is 3.65. The number of hydrogen-bond acceptors (Lipinski definition) is 2. The van der Waals surface area contributed by atoms with Crippen LogP contribution in [0, 0.1) is 0 Å². The summed E-state index contributed by atoms with van der Waals surface area (Å²) in [6.07, 6.45) is 0. The molecule has 1 aliphatic heterocycles. The summed E-state index contributed by atoms with van der Waals surface area (Å²) in [5.74, 6) is 0. The lowest BCUT2D eigenvalue weighted by atomic mass is 9.89. The second-order valence-electron chi connectivity index (χ2n) is 6.22. The third kappa shape index (κ3) is 1.68. The van der Waals surface area contributed by atoms with Gasteiger partial charge in [0.05, 0.1) is 0 Å². The standard InChI is InChI=1S/C20H18N2/c1-2-13-4-5-15-6-8-16(18-12-21-10-11-22-18)17-9-7-14(3-1)19(13)20(15)17/h1-9,18,21-22H,10-12H2/t18-/m1/s1. The molecule has 5 rings (SSSR count). The van der Waals surface area contributed by atoms with Crippen LogP contribution in [0.3, 0.4) is 0 Å². The highest BCUT2D eigenvalue weighted by molar-refractivity contribution is 6.23. The molecule has 1 heterocycles. The predicted octanol–water partition coefficient (Wildman–Crippen LogP) is 3.82. The first-order chi connectivity index (χ1) is 10.9. The molecule has 22 heavy (non-hydrogen) atoms. The second kappa shape index (κ2) is 4.67. The quantitative estimate of drug-likeness (QED) is 0.520. The first kappa shape index (κ1) is 12.4. The number of benzene rings is 4. The van der Waals surface area contributed by atoms with Crippen molar-refractivity contribution in [3.8, 4) is 0 Å². The average molecular weight is 286 g/mol. The second-order valence-corrected chi connectivity index (χ2v) is 6.22. The summed E-state index contributed by atoms with van der Waals surface area (Å²) in [6.45, 7) is 3.10. The van der Waals surface area contributed by atoms with Gasteiger partial charge in [0.15, 0.2) is 0 Å². The van der Waals surface area contributed by atoms with Gasteiger partial charge in [-0.05, 0) is 37.9 Å². The minimum absolute atomic E-state index is 0.401. The Morgan fingerprint density at radius 3 is 2.23 bits per heavy atom. The number of piperazine rings is 1. The molecule has 0 unspecified atom stereocenters. The van der Waals surface area contributed by atoms with E-state index < -0.39 is 0 Å². The van der Waals surface area contributed by atoms with E-state index >= 15 is 0 Å². The van der Waals surface area contributed by atoms with Gasteiger partial charge in [-0.15, -0.1) is 0 Å². The van der Waals surface area contributed by atoms with E-state index in [2.05, 4.69) is 65.2 Å². The van der Waals surface area contributed by atoms with E-state index in [4.69, 9.17) is 0 Å². The molecule has 4 aromatic rings. The molecule has 2 heteroatoms. The molecular formula is C20H18N2. The summed E-state index contributed by atoms with van der Waals surface area (Å²) in [5, 5.41) is 15.4. The number of hydrogen-bond donors (Lipinski definition) is 2. The molecule has 1 aliphatic rings. The monoisotopic (exact) mass is 286 g/mol. The van der Waals surface area contributed by atoms with Crippen LogP contribution in [-0.4, -0.2) is 19.6 Å². The van der Waals surface area contributed by atoms with Crippen molar-refractivity contribution in [2.75, 3.05) is 19.6 Å². The molecule has 2 N–H and O–H groups in total. The third-order valence-electron chi connectivity index (χ3n) is 4.98.